The molecule has 10 heavy (non-hydrogen) atoms. The van der Waals surface area contributed by atoms with Crippen LogP contribution >= 0.6 is 23.2 Å². The Morgan fingerprint density at radius 3 is 2.90 bits per heavy atom. The maximum absolute atomic E-state index is 5.84. The van der Waals surface area contributed by atoms with Gasteiger partial charge in [0.2, 0.25) is 5.12 Å². The lowest BCUT2D eigenvalue weighted by atomic mass is 10.3. The molecule has 1 atom stereocenters. The third kappa shape index (κ3) is 1.89. The van der Waals surface area contributed by atoms with Crippen molar-refractivity contribution in [3.63, 3.8) is 0 Å². The van der Waals surface area contributed by atoms with Crippen LogP contribution < -0.4 is 5.32 Å². The summed E-state index contributed by atoms with van der Waals surface area (Å²) < 4.78 is 0. The van der Waals surface area contributed by atoms with Crippen LogP contribution in [0.2, 0.25) is 0 Å². The highest BCUT2D eigenvalue weighted by Crippen LogP contribution is 2.16. The van der Waals surface area contributed by atoms with Gasteiger partial charge in [0.05, 0.1) is 5.88 Å². The van der Waals surface area contributed by atoms with E-state index in [4.69, 9.17) is 23.2 Å². The second-order valence-corrected chi connectivity index (χ2v) is 3.19. The van der Waals surface area contributed by atoms with Gasteiger partial charge in [-0.3, -0.25) is 4.99 Å². The van der Waals surface area contributed by atoms with Gasteiger partial charge in [-0.25, -0.2) is 0 Å². The van der Waals surface area contributed by atoms with Crippen molar-refractivity contribution in [2.24, 2.45) is 4.99 Å². The van der Waals surface area contributed by atoms with Crippen LogP contribution in [-0.4, -0.2) is 17.2 Å². The minimum Gasteiger partial charge on any atom is -0.351 e. The van der Waals surface area contributed by atoms with Crippen molar-refractivity contribution in [2.45, 2.75) is 12.0 Å². The molecule has 1 aliphatic rings. The zero-order valence-electron chi connectivity index (χ0n) is 5.56. The van der Waals surface area contributed by atoms with Gasteiger partial charge in [-0.1, -0.05) is 11.6 Å². The van der Waals surface area contributed by atoms with E-state index in [1.54, 1.807) is 19.2 Å². The number of alkyl halides is 2. The van der Waals surface area contributed by atoms with E-state index in [1.807, 2.05) is 0 Å². The Bertz CT molecular complexity index is 184. The largest absolute Gasteiger partial charge is 0.351 e. The summed E-state index contributed by atoms with van der Waals surface area (Å²) in [6.45, 7) is 1.77. The van der Waals surface area contributed by atoms with E-state index in [-0.39, 0.29) is 0 Å². The Balaban J connectivity index is 2.68. The number of aliphatic imine (C=N–C) groups is 1. The van der Waals surface area contributed by atoms with Gasteiger partial charge in [0.1, 0.15) is 0 Å². The molecule has 0 radical (unpaired) electrons. The topological polar surface area (TPSA) is 24.4 Å². The van der Waals surface area contributed by atoms with E-state index in [0.717, 1.165) is 5.70 Å². The molecule has 0 saturated heterocycles. The first-order valence-corrected chi connectivity index (χ1v) is 3.83. The molecule has 0 saturated carbocycles. The Labute approximate surface area is 69.9 Å². The average molecular weight is 179 g/mol. The number of nitrogens with zero attached hydrogens (tertiary/aromatic N) is 1. The molecule has 0 aromatic rings. The second-order valence-electron chi connectivity index (χ2n) is 2.18. The summed E-state index contributed by atoms with van der Waals surface area (Å²) in [5.41, 5.74) is 0.897. The summed E-state index contributed by atoms with van der Waals surface area (Å²) in [5.74, 6) is 0.439. The number of nitrogens with one attached hydrogen (secondary N) is 1. The summed E-state index contributed by atoms with van der Waals surface area (Å²) in [6.07, 6.45) is 3.46. The van der Waals surface area contributed by atoms with Crippen molar-refractivity contribution in [3.05, 3.63) is 11.8 Å². The number of hydrogen-bond acceptors (Lipinski definition) is 2. The first kappa shape index (κ1) is 7.89. The molecule has 0 aromatic heterocycles. The molecule has 1 N–H and O–H groups in total. The highest BCUT2D eigenvalue weighted by molar-refractivity contribution is 6.24. The molecule has 1 rings (SSSR count). The molecule has 0 aliphatic carbocycles. The average Bonchev–Trinajstić information content (AvgIpc) is 1.86. The molecule has 0 aromatic carbocycles. The summed E-state index contributed by atoms with van der Waals surface area (Å²) in [7, 11) is 0. The lowest BCUT2D eigenvalue weighted by Gasteiger charge is -2.23. The fourth-order valence-corrected chi connectivity index (χ4v) is 1.05. The fraction of sp³-hybridized carbons (Fsp3) is 0.500. The van der Waals surface area contributed by atoms with Gasteiger partial charge >= 0.3 is 0 Å². The second kappa shape index (κ2) is 2.81. The number of rotatable bonds is 1. The third-order valence-corrected chi connectivity index (χ3v) is 1.61. The van der Waals surface area contributed by atoms with E-state index in [1.165, 1.54) is 0 Å². The van der Waals surface area contributed by atoms with Crippen molar-refractivity contribution in [1.82, 2.24) is 5.32 Å². The van der Waals surface area contributed by atoms with Crippen LogP contribution in [0, 0.1) is 0 Å². The molecule has 4 heteroatoms. The van der Waals surface area contributed by atoms with Gasteiger partial charge < -0.3 is 5.32 Å². The van der Waals surface area contributed by atoms with Gasteiger partial charge in [0.25, 0.3) is 0 Å². The monoisotopic (exact) mass is 178 g/mol. The minimum atomic E-state index is -0.709. The highest BCUT2D eigenvalue weighted by Gasteiger charge is 2.20. The number of halogens is 2. The molecule has 0 spiro atoms. The van der Waals surface area contributed by atoms with Crippen LogP contribution in [0.4, 0.5) is 0 Å². The molecule has 1 unspecified atom stereocenters. The Hall–Kier alpha value is -0.210. The Morgan fingerprint density at radius 1 is 1.80 bits per heavy atom. The Kier molecular flexibility index (Phi) is 2.21. The van der Waals surface area contributed by atoms with Gasteiger partial charge in [-0.15, -0.1) is 11.6 Å². The molecule has 56 valence electrons. The predicted molar refractivity (Wildman–Crippen MR) is 44.7 cm³/mol. The van der Waals surface area contributed by atoms with Crippen LogP contribution in [0.15, 0.2) is 16.8 Å². The molecule has 0 amide bonds. The van der Waals surface area contributed by atoms with Gasteiger partial charge in [-0.2, -0.15) is 0 Å². The number of hydrogen-bond donors (Lipinski definition) is 1. The lowest BCUT2D eigenvalue weighted by Crippen LogP contribution is -2.36. The molecule has 1 heterocycles. The SMILES string of the molecule is CC1(Cl)N=CC=C(CCl)N1. The van der Waals surface area contributed by atoms with Crippen LogP contribution in [-0.2, 0) is 0 Å². The van der Waals surface area contributed by atoms with Gasteiger partial charge in [0, 0.05) is 11.9 Å². The summed E-state index contributed by atoms with van der Waals surface area (Å²) in [5, 5.41) is 2.23. The van der Waals surface area contributed by atoms with Crippen LogP contribution in [0.25, 0.3) is 0 Å². The van der Waals surface area contributed by atoms with E-state index in [9.17, 15) is 0 Å². The fourth-order valence-electron chi connectivity index (χ4n) is 0.712. The lowest BCUT2D eigenvalue weighted by molar-refractivity contribution is 0.570. The van der Waals surface area contributed by atoms with Gasteiger partial charge in [0.15, 0.2) is 0 Å². The molecular weight excluding hydrogens is 171 g/mol. The maximum Gasteiger partial charge on any atom is 0.202 e. The van der Waals surface area contributed by atoms with Gasteiger partial charge in [-0.05, 0) is 13.0 Å². The van der Waals surface area contributed by atoms with Crippen molar-refractivity contribution in [2.75, 3.05) is 5.88 Å². The van der Waals surface area contributed by atoms with Crippen LogP contribution in [0.5, 0.6) is 0 Å². The first-order valence-electron chi connectivity index (χ1n) is 2.91. The first-order chi connectivity index (χ1) is 4.64. The van der Waals surface area contributed by atoms with E-state index >= 15 is 0 Å². The van der Waals surface area contributed by atoms with Crippen LogP contribution in [0.3, 0.4) is 0 Å². The van der Waals surface area contributed by atoms with Crippen molar-refractivity contribution in [1.29, 1.82) is 0 Å². The summed E-state index contributed by atoms with van der Waals surface area (Å²) in [6, 6.07) is 0. The van der Waals surface area contributed by atoms with E-state index in [0.29, 0.717) is 5.88 Å². The van der Waals surface area contributed by atoms with Crippen molar-refractivity contribution < 1.29 is 0 Å². The van der Waals surface area contributed by atoms with Crippen molar-refractivity contribution in [3.8, 4) is 0 Å². The minimum absolute atomic E-state index is 0.439. The van der Waals surface area contributed by atoms with Crippen LogP contribution in [0.1, 0.15) is 6.92 Å². The number of allylic oxidation sites excluding steroid dienone is 2. The molecule has 0 fully saturated rings. The van der Waals surface area contributed by atoms with Crippen molar-refractivity contribution >= 4 is 29.4 Å². The molecule has 1 aliphatic heterocycles. The zero-order chi connectivity index (χ0) is 7.61. The molecule has 2 nitrogen and oxygen atoms in total. The van der Waals surface area contributed by atoms with E-state index < -0.39 is 5.12 Å². The smallest absolute Gasteiger partial charge is 0.202 e. The summed E-state index contributed by atoms with van der Waals surface area (Å²) >= 11 is 11.4. The predicted octanol–water partition coefficient (Wildman–Crippen LogP) is 1.70. The third-order valence-electron chi connectivity index (χ3n) is 1.13. The van der Waals surface area contributed by atoms with E-state index in [2.05, 4.69) is 10.3 Å². The Morgan fingerprint density at radius 2 is 2.50 bits per heavy atom. The standard InChI is InChI=1S/C6H8Cl2N2/c1-6(8)9-3-2-5(4-7)10-6/h2-3,10H,4H2,1H3. The zero-order valence-corrected chi connectivity index (χ0v) is 7.08. The quantitative estimate of drug-likeness (QED) is 0.480. The summed E-state index contributed by atoms with van der Waals surface area (Å²) in [4.78, 5) is 3.95. The molecule has 0 bridgehead atoms. The molecular formula is C6H8Cl2N2. The normalized spacial score (nSPS) is 31.3. The highest BCUT2D eigenvalue weighted by atomic mass is 35.5. The maximum atomic E-state index is 5.84.